The van der Waals surface area contributed by atoms with Gasteiger partial charge in [-0.2, -0.15) is 0 Å². The Hall–Kier alpha value is -0.0800. The molecule has 0 aromatic carbocycles. The second kappa shape index (κ2) is 3.55. The highest BCUT2D eigenvalue weighted by atomic mass is 16.3. The van der Waals surface area contributed by atoms with Gasteiger partial charge >= 0.3 is 0 Å². The van der Waals surface area contributed by atoms with Crippen LogP contribution in [-0.2, 0) is 0 Å². The summed E-state index contributed by atoms with van der Waals surface area (Å²) in [4.78, 5) is 2.43. The molecule has 0 saturated carbocycles. The van der Waals surface area contributed by atoms with E-state index in [0.717, 1.165) is 19.5 Å². The highest BCUT2D eigenvalue weighted by Crippen LogP contribution is 2.17. The number of hydrogen-bond donors (Lipinski definition) is 1. The SMILES string of the molecule is CC(C)N1CC[C@@H](O)[C@@H](C)C1. The van der Waals surface area contributed by atoms with Crippen molar-refractivity contribution in [3.63, 3.8) is 0 Å². The summed E-state index contributed by atoms with van der Waals surface area (Å²) in [5.74, 6) is 0.450. The standard InChI is InChI=1S/C9H19NO/c1-7(2)10-5-4-9(11)8(3)6-10/h7-9,11H,4-6H2,1-3H3/t8-,9+/m0/s1. The number of likely N-dealkylation sites (tertiary alicyclic amines) is 1. The van der Waals surface area contributed by atoms with E-state index in [4.69, 9.17) is 0 Å². The first kappa shape index (κ1) is 9.01. The van der Waals surface area contributed by atoms with Gasteiger partial charge in [-0.15, -0.1) is 0 Å². The van der Waals surface area contributed by atoms with Crippen LogP contribution >= 0.6 is 0 Å². The average molecular weight is 157 g/mol. The number of aliphatic hydroxyl groups is 1. The zero-order valence-corrected chi connectivity index (χ0v) is 7.75. The van der Waals surface area contributed by atoms with Crippen molar-refractivity contribution in [2.45, 2.75) is 39.3 Å². The number of piperidine rings is 1. The van der Waals surface area contributed by atoms with Crippen LogP contribution in [0.25, 0.3) is 0 Å². The quantitative estimate of drug-likeness (QED) is 0.616. The fraction of sp³-hybridized carbons (Fsp3) is 1.00. The number of aliphatic hydroxyl groups excluding tert-OH is 1. The van der Waals surface area contributed by atoms with Gasteiger partial charge in [0.05, 0.1) is 6.10 Å². The van der Waals surface area contributed by atoms with Gasteiger partial charge < -0.3 is 10.0 Å². The number of rotatable bonds is 1. The predicted molar refractivity (Wildman–Crippen MR) is 46.5 cm³/mol. The molecule has 1 N–H and O–H groups in total. The van der Waals surface area contributed by atoms with E-state index in [9.17, 15) is 5.11 Å². The second-order valence-electron chi connectivity index (χ2n) is 3.92. The number of nitrogens with zero attached hydrogens (tertiary/aromatic N) is 1. The van der Waals surface area contributed by atoms with Crippen molar-refractivity contribution in [3.8, 4) is 0 Å². The summed E-state index contributed by atoms with van der Waals surface area (Å²) in [6.07, 6.45) is 0.879. The molecule has 1 aliphatic rings. The Morgan fingerprint density at radius 2 is 2.09 bits per heavy atom. The smallest absolute Gasteiger partial charge is 0.0590 e. The van der Waals surface area contributed by atoms with Gasteiger partial charge in [-0.25, -0.2) is 0 Å². The Kier molecular flexibility index (Phi) is 2.90. The molecule has 0 aromatic heterocycles. The minimum atomic E-state index is -0.0648. The van der Waals surface area contributed by atoms with Crippen LogP contribution in [0.3, 0.4) is 0 Å². The lowest BCUT2D eigenvalue weighted by atomic mass is 9.96. The minimum Gasteiger partial charge on any atom is -0.393 e. The van der Waals surface area contributed by atoms with Crippen LogP contribution in [0.2, 0.25) is 0 Å². The van der Waals surface area contributed by atoms with Gasteiger partial charge in [0.25, 0.3) is 0 Å². The molecule has 0 bridgehead atoms. The molecule has 2 atom stereocenters. The highest BCUT2D eigenvalue weighted by Gasteiger charge is 2.24. The van der Waals surface area contributed by atoms with Gasteiger partial charge in [0.15, 0.2) is 0 Å². The molecule has 0 unspecified atom stereocenters. The Morgan fingerprint density at radius 1 is 1.45 bits per heavy atom. The molecule has 0 radical (unpaired) electrons. The zero-order valence-electron chi connectivity index (χ0n) is 7.75. The zero-order chi connectivity index (χ0) is 8.43. The van der Waals surface area contributed by atoms with Crippen molar-refractivity contribution in [3.05, 3.63) is 0 Å². The average Bonchev–Trinajstić information content (AvgIpc) is 1.94. The first-order valence-corrected chi connectivity index (χ1v) is 4.53. The van der Waals surface area contributed by atoms with E-state index in [1.54, 1.807) is 0 Å². The van der Waals surface area contributed by atoms with Gasteiger partial charge in [-0.3, -0.25) is 0 Å². The molecule has 0 aliphatic carbocycles. The van der Waals surface area contributed by atoms with Crippen molar-refractivity contribution in [1.82, 2.24) is 4.90 Å². The van der Waals surface area contributed by atoms with Crippen LogP contribution in [0.1, 0.15) is 27.2 Å². The van der Waals surface area contributed by atoms with Crippen molar-refractivity contribution in [2.75, 3.05) is 13.1 Å². The molecule has 11 heavy (non-hydrogen) atoms. The van der Waals surface area contributed by atoms with Crippen LogP contribution in [-0.4, -0.2) is 35.2 Å². The van der Waals surface area contributed by atoms with Gasteiger partial charge in [0, 0.05) is 19.1 Å². The van der Waals surface area contributed by atoms with Crippen LogP contribution in [0.15, 0.2) is 0 Å². The molecule has 0 spiro atoms. The number of hydrogen-bond acceptors (Lipinski definition) is 2. The maximum Gasteiger partial charge on any atom is 0.0590 e. The van der Waals surface area contributed by atoms with Crippen molar-refractivity contribution in [2.24, 2.45) is 5.92 Å². The van der Waals surface area contributed by atoms with Crippen LogP contribution < -0.4 is 0 Å². The summed E-state index contributed by atoms with van der Waals surface area (Å²) in [6, 6.07) is 0.630. The summed E-state index contributed by atoms with van der Waals surface area (Å²) in [7, 11) is 0. The lowest BCUT2D eigenvalue weighted by Crippen LogP contribution is -2.44. The van der Waals surface area contributed by atoms with E-state index in [-0.39, 0.29) is 6.10 Å². The molecule has 1 heterocycles. The van der Waals surface area contributed by atoms with Crippen LogP contribution in [0.5, 0.6) is 0 Å². The molecule has 0 amide bonds. The predicted octanol–water partition coefficient (Wildman–Crippen LogP) is 1.10. The summed E-state index contributed by atoms with van der Waals surface area (Å²) in [5, 5.41) is 9.45. The van der Waals surface area contributed by atoms with E-state index in [1.165, 1.54) is 0 Å². The van der Waals surface area contributed by atoms with E-state index >= 15 is 0 Å². The van der Waals surface area contributed by atoms with Crippen molar-refractivity contribution < 1.29 is 5.11 Å². The van der Waals surface area contributed by atoms with Gasteiger partial charge in [-0.1, -0.05) is 6.92 Å². The van der Waals surface area contributed by atoms with E-state index in [0.29, 0.717) is 12.0 Å². The Balaban J connectivity index is 2.40. The second-order valence-corrected chi connectivity index (χ2v) is 3.92. The lowest BCUT2D eigenvalue weighted by Gasteiger charge is -2.36. The molecule has 1 aliphatic heterocycles. The van der Waals surface area contributed by atoms with E-state index in [1.807, 2.05) is 0 Å². The van der Waals surface area contributed by atoms with Gasteiger partial charge in [0.1, 0.15) is 0 Å². The molecule has 1 rings (SSSR count). The first-order valence-electron chi connectivity index (χ1n) is 4.53. The van der Waals surface area contributed by atoms with E-state index in [2.05, 4.69) is 25.7 Å². The topological polar surface area (TPSA) is 23.5 Å². The highest BCUT2D eigenvalue weighted by molar-refractivity contribution is 4.78. The molecule has 66 valence electrons. The van der Waals surface area contributed by atoms with Crippen LogP contribution in [0, 0.1) is 5.92 Å². The van der Waals surface area contributed by atoms with Gasteiger partial charge in [0.2, 0.25) is 0 Å². The summed E-state index contributed by atoms with van der Waals surface area (Å²) < 4.78 is 0. The largest absolute Gasteiger partial charge is 0.393 e. The fourth-order valence-electron chi connectivity index (χ4n) is 1.63. The van der Waals surface area contributed by atoms with Crippen molar-refractivity contribution in [1.29, 1.82) is 0 Å². The fourth-order valence-corrected chi connectivity index (χ4v) is 1.63. The summed E-state index contributed by atoms with van der Waals surface area (Å²) in [6.45, 7) is 8.66. The third kappa shape index (κ3) is 2.17. The Bertz CT molecular complexity index is 125. The third-order valence-corrected chi connectivity index (χ3v) is 2.62. The maximum atomic E-state index is 9.45. The summed E-state index contributed by atoms with van der Waals surface area (Å²) >= 11 is 0. The van der Waals surface area contributed by atoms with Crippen LogP contribution in [0.4, 0.5) is 0 Å². The molecule has 2 heteroatoms. The Morgan fingerprint density at radius 3 is 2.55 bits per heavy atom. The maximum absolute atomic E-state index is 9.45. The van der Waals surface area contributed by atoms with E-state index < -0.39 is 0 Å². The molecule has 0 aromatic rings. The minimum absolute atomic E-state index is 0.0648. The molecule has 1 fully saturated rings. The Labute approximate surface area is 69.2 Å². The molecule has 2 nitrogen and oxygen atoms in total. The van der Waals surface area contributed by atoms with Crippen molar-refractivity contribution >= 4 is 0 Å². The monoisotopic (exact) mass is 157 g/mol. The molecular weight excluding hydrogens is 138 g/mol. The third-order valence-electron chi connectivity index (χ3n) is 2.62. The van der Waals surface area contributed by atoms with Gasteiger partial charge in [-0.05, 0) is 26.2 Å². The molecule has 1 saturated heterocycles. The first-order chi connectivity index (χ1) is 5.11. The normalized spacial score (nSPS) is 34.6. The summed E-state index contributed by atoms with van der Waals surface area (Å²) in [5.41, 5.74) is 0. The molecular formula is C9H19NO. The lowest BCUT2D eigenvalue weighted by molar-refractivity contribution is 0.0233.